The number of likely N-dealkylation sites (tertiary alicyclic amines) is 1. The molecule has 3 rings (SSSR count). The Kier molecular flexibility index (Phi) is 8.11. The summed E-state index contributed by atoms with van der Waals surface area (Å²) in [4.78, 5) is 66.4. The van der Waals surface area contributed by atoms with Crippen LogP contribution in [0.15, 0.2) is 0 Å². The summed E-state index contributed by atoms with van der Waals surface area (Å²) in [5, 5.41) is 8.25. The molecule has 0 aromatic carbocycles. The maximum Gasteiger partial charge on any atom is 0.408 e. The van der Waals surface area contributed by atoms with Crippen LogP contribution >= 0.6 is 0 Å². The van der Waals surface area contributed by atoms with E-state index in [0.29, 0.717) is 19.5 Å². The van der Waals surface area contributed by atoms with E-state index in [0.717, 1.165) is 0 Å². The molecule has 214 valence electrons. The Hall–Kier alpha value is -2.85. The minimum atomic E-state index is -1.02. The van der Waals surface area contributed by atoms with Crippen LogP contribution < -0.4 is 16.0 Å². The summed E-state index contributed by atoms with van der Waals surface area (Å²) in [5.41, 5.74) is -1.56. The van der Waals surface area contributed by atoms with Gasteiger partial charge in [0.25, 0.3) is 0 Å². The van der Waals surface area contributed by atoms with Gasteiger partial charge in [-0.05, 0) is 56.3 Å². The number of nitrogens with one attached hydrogen (secondary N) is 3. The zero-order valence-corrected chi connectivity index (χ0v) is 24.1. The van der Waals surface area contributed by atoms with Crippen molar-refractivity contribution in [1.29, 1.82) is 0 Å². The first-order valence-corrected chi connectivity index (χ1v) is 13.3. The van der Waals surface area contributed by atoms with Crippen LogP contribution in [-0.4, -0.2) is 78.6 Å². The molecule has 6 atom stereocenters. The fourth-order valence-electron chi connectivity index (χ4n) is 5.82. The Balaban J connectivity index is 1.83. The van der Waals surface area contributed by atoms with Crippen molar-refractivity contribution in [2.45, 2.75) is 92.0 Å². The molecule has 0 spiro atoms. The number of hydrogen-bond acceptors (Lipinski definition) is 7. The SMILES string of the molecule is COC(=O)C(C[C@@H]1CCNC1=O)NC(=O)[C@@H]1[C@H]2[C@@H](CN1C(=O)[C@@H](NC(=O)OC(C)(C)C)C(C)(C)C)C2(C)C. The van der Waals surface area contributed by atoms with Gasteiger partial charge < -0.3 is 30.3 Å². The molecule has 1 unspecified atom stereocenters. The average Bonchev–Trinajstić information content (AvgIpc) is 3.14. The highest BCUT2D eigenvalue weighted by Crippen LogP contribution is 2.65. The second-order valence-electron chi connectivity index (χ2n) is 13.4. The quantitative estimate of drug-likeness (QED) is 0.419. The van der Waals surface area contributed by atoms with Gasteiger partial charge in [0, 0.05) is 19.0 Å². The molecule has 0 bridgehead atoms. The van der Waals surface area contributed by atoms with E-state index >= 15 is 0 Å². The van der Waals surface area contributed by atoms with Crippen LogP contribution in [0.1, 0.15) is 68.2 Å². The Morgan fingerprint density at radius 2 is 1.74 bits per heavy atom. The lowest BCUT2D eigenvalue weighted by Gasteiger charge is -2.38. The number of esters is 1. The van der Waals surface area contributed by atoms with Crippen LogP contribution in [0, 0.1) is 28.6 Å². The zero-order valence-electron chi connectivity index (χ0n) is 24.1. The maximum atomic E-state index is 13.9. The number of carbonyl (C=O) groups excluding carboxylic acids is 5. The zero-order chi connectivity index (χ0) is 28.8. The molecule has 2 aliphatic heterocycles. The number of hydrogen-bond donors (Lipinski definition) is 3. The first-order valence-electron chi connectivity index (χ1n) is 13.3. The number of rotatable bonds is 7. The first kappa shape index (κ1) is 29.7. The molecule has 0 radical (unpaired) electrons. The van der Waals surface area contributed by atoms with Gasteiger partial charge >= 0.3 is 12.1 Å². The molecular formula is C27H44N4O7. The Morgan fingerprint density at radius 3 is 2.24 bits per heavy atom. The molecule has 3 aliphatic rings. The van der Waals surface area contributed by atoms with Crippen molar-refractivity contribution in [3.63, 3.8) is 0 Å². The molecule has 0 aromatic heterocycles. The predicted molar refractivity (Wildman–Crippen MR) is 139 cm³/mol. The standard InChI is InChI=1S/C27H44N4O7/c1-25(2,3)19(30-24(36)38-26(4,5)6)22(34)31-13-15-17(27(15,7)8)18(31)21(33)29-16(23(35)37-9)12-14-10-11-28-20(14)32/h14-19H,10-13H2,1-9H3,(H,28,32)(H,29,33)(H,30,36)/t14-,15+,16?,17+,18-,19+/m0/s1. The van der Waals surface area contributed by atoms with Gasteiger partial charge in [-0.2, -0.15) is 0 Å². The third-order valence-corrected chi connectivity index (χ3v) is 8.02. The molecule has 2 saturated heterocycles. The number of alkyl carbamates (subject to hydrolysis) is 1. The van der Waals surface area contributed by atoms with Crippen molar-refractivity contribution in [2.75, 3.05) is 20.2 Å². The van der Waals surface area contributed by atoms with Gasteiger partial charge in [-0.1, -0.05) is 34.6 Å². The number of amides is 4. The number of piperidine rings is 1. The molecule has 1 saturated carbocycles. The monoisotopic (exact) mass is 536 g/mol. The van der Waals surface area contributed by atoms with Crippen LogP contribution in [0.5, 0.6) is 0 Å². The Bertz CT molecular complexity index is 981. The van der Waals surface area contributed by atoms with Gasteiger partial charge in [0.2, 0.25) is 17.7 Å². The summed E-state index contributed by atoms with van der Waals surface area (Å²) >= 11 is 0. The highest BCUT2D eigenvalue weighted by atomic mass is 16.6. The fraction of sp³-hybridized carbons (Fsp3) is 0.815. The van der Waals surface area contributed by atoms with Crippen molar-refractivity contribution in [1.82, 2.24) is 20.9 Å². The van der Waals surface area contributed by atoms with Crippen LogP contribution in [0.2, 0.25) is 0 Å². The Morgan fingerprint density at radius 1 is 1.11 bits per heavy atom. The third-order valence-electron chi connectivity index (χ3n) is 8.02. The molecule has 11 nitrogen and oxygen atoms in total. The van der Waals surface area contributed by atoms with Gasteiger partial charge in [0.1, 0.15) is 23.7 Å². The molecule has 38 heavy (non-hydrogen) atoms. The summed E-state index contributed by atoms with van der Waals surface area (Å²) in [5.74, 6) is -2.03. The summed E-state index contributed by atoms with van der Waals surface area (Å²) in [6.07, 6.45) is -0.0258. The summed E-state index contributed by atoms with van der Waals surface area (Å²) in [6.45, 7) is 15.7. The number of ether oxygens (including phenoxy) is 2. The molecule has 2 heterocycles. The Labute approximate surface area is 225 Å². The summed E-state index contributed by atoms with van der Waals surface area (Å²) in [6, 6.07) is -2.78. The second kappa shape index (κ2) is 10.4. The van der Waals surface area contributed by atoms with Gasteiger partial charge in [-0.15, -0.1) is 0 Å². The van der Waals surface area contributed by atoms with Crippen LogP contribution in [0.25, 0.3) is 0 Å². The molecule has 3 fully saturated rings. The van der Waals surface area contributed by atoms with E-state index in [1.165, 1.54) is 12.0 Å². The molecule has 3 N–H and O–H groups in total. The lowest BCUT2D eigenvalue weighted by atomic mass is 9.85. The molecule has 11 heteroatoms. The molecular weight excluding hydrogens is 492 g/mol. The maximum absolute atomic E-state index is 13.9. The van der Waals surface area contributed by atoms with Crippen LogP contribution in [-0.2, 0) is 28.7 Å². The van der Waals surface area contributed by atoms with Gasteiger partial charge in [-0.3, -0.25) is 14.4 Å². The number of fused-ring (bicyclic) bond motifs is 1. The van der Waals surface area contributed by atoms with Gasteiger partial charge in [-0.25, -0.2) is 9.59 Å². The molecule has 0 aromatic rings. The number of carbonyl (C=O) groups is 5. The van der Waals surface area contributed by atoms with Crippen molar-refractivity contribution in [3.05, 3.63) is 0 Å². The van der Waals surface area contributed by atoms with Gasteiger partial charge in [0.15, 0.2) is 0 Å². The second-order valence-corrected chi connectivity index (χ2v) is 13.4. The topological polar surface area (TPSA) is 143 Å². The van der Waals surface area contributed by atoms with E-state index in [2.05, 4.69) is 29.8 Å². The van der Waals surface area contributed by atoms with E-state index in [9.17, 15) is 24.0 Å². The predicted octanol–water partition coefficient (Wildman–Crippen LogP) is 1.59. The fourth-order valence-corrected chi connectivity index (χ4v) is 5.82. The largest absolute Gasteiger partial charge is 0.467 e. The number of methoxy groups -OCH3 is 1. The van der Waals surface area contributed by atoms with E-state index in [4.69, 9.17) is 9.47 Å². The highest BCUT2D eigenvalue weighted by molar-refractivity contribution is 5.95. The van der Waals surface area contributed by atoms with Crippen molar-refractivity contribution >= 4 is 29.8 Å². The minimum Gasteiger partial charge on any atom is -0.467 e. The average molecular weight is 537 g/mol. The van der Waals surface area contributed by atoms with E-state index < -0.39 is 53.0 Å². The normalized spacial score (nSPS) is 27.5. The van der Waals surface area contributed by atoms with E-state index in [-0.39, 0.29) is 35.5 Å². The molecule has 4 amide bonds. The van der Waals surface area contributed by atoms with E-state index in [1.807, 2.05) is 20.8 Å². The third kappa shape index (κ3) is 6.23. The summed E-state index contributed by atoms with van der Waals surface area (Å²) in [7, 11) is 1.23. The minimum absolute atomic E-state index is 0.0957. The van der Waals surface area contributed by atoms with Crippen molar-refractivity contribution in [3.8, 4) is 0 Å². The van der Waals surface area contributed by atoms with Crippen LogP contribution in [0.3, 0.4) is 0 Å². The molecule has 1 aliphatic carbocycles. The van der Waals surface area contributed by atoms with Gasteiger partial charge in [0.05, 0.1) is 7.11 Å². The lowest BCUT2D eigenvalue weighted by Crippen LogP contribution is -2.60. The summed E-state index contributed by atoms with van der Waals surface area (Å²) < 4.78 is 10.3. The van der Waals surface area contributed by atoms with E-state index in [1.54, 1.807) is 20.8 Å². The van der Waals surface area contributed by atoms with Crippen molar-refractivity contribution in [2.24, 2.45) is 28.6 Å². The van der Waals surface area contributed by atoms with Crippen molar-refractivity contribution < 1.29 is 33.4 Å². The lowest BCUT2D eigenvalue weighted by molar-refractivity contribution is -0.148. The smallest absolute Gasteiger partial charge is 0.408 e. The number of nitrogens with zero attached hydrogens (tertiary/aromatic N) is 1. The highest BCUT2D eigenvalue weighted by Gasteiger charge is 2.70. The first-order chi connectivity index (χ1) is 17.4. The van der Waals surface area contributed by atoms with Crippen LogP contribution in [0.4, 0.5) is 4.79 Å².